The van der Waals surface area contributed by atoms with Crippen LogP contribution in [0.3, 0.4) is 0 Å². The van der Waals surface area contributed by atoms with Crippen LogP contribution in [0, 0.1) is 11.8 Å². The van der Waals surface area contributed by atoms with Crippen LogP contribution >= 0.6 is 0 Å². The number of nitrogens with one attached hydrogen (secondary N) is 3. The van der Waals surface area contributed by atoms with Gasteiger partial charge in [-0.3, -0.25) is 14.4 Å². The summed E-state index contributed by atoms with van der Waals surface area (Å²) in [6.07, 6.45) is 2.09. The van der Waals surface area contributed by atoms with Gasteiger partial charge in [-0.2, -0.15) is 0 Å². The number of carbonyl (C=O) groups is 3. The maximum Gasteiger partial charge on any atom is 0.253 e. The molecule has 0 aliphatic carbocycles. The van der Waals surface area contributed by atoms with Crippen molar-refractivity contribution in [2.45, 2.75) is 33.6 Å². The molecule has 2 aromatic carbocycles. The monoisotopic (exact) mass is 436 g/mol. The first-order valence-electron chi connectivity index (χ1n) is 11.2. The fourth-order valence-electron chi connectivity index (χ4n) is 3.44. The highest BCUT2D eigenvalue weighted by Crippen LogP contribution is 2.19. The lowest BCUT2D eigenvalue weighted by Gasteiger charge is -2.30. The lowest BCUT2D eigenvalue weighted by molar-refractivity contribution is -0.119. The van der Waals surface area contributed by atoms with Gasteiger partial charge in [0.1, 0.15) is 0 Å². The molecule has 0 spiro atoms. The molecule has 0 aromatic heterocycles. The van der Waals surface area contributed by atoms with Crippen molar-refractivity contribution < 1.29 is 14.4 Å². The minimum Gasteiger partial charge on any atom is -0.376 e. The number of amides is 3. The molecule has 2 aromatic rings. The highest BCUT2D eigenvalue weighted by atomic mass is 16.2. The predicted molar refractivity (Wildman–Crippen MR) is 128 cm³/mol. The number of rotatable bonds is 7. The molecule has 3 rings (SSSR count). The molecule has 0 bridgehead atoms. The summed E-state index contributed by atoms with van der Waals surface area (Å²) in [6, 6.07) is 14.2. The van der Waals surface area contributed by atoms with Crippen molar-refractivity contribution in [1.82, 2.24) is 4.90 Å². The fraction of sp³-hybridized carbons (Fsp3) is 0.400. The van der Waals surface area contributed by atoms with Crippen molar-refractivity contribution in [3.05, 3.63) is 54.1 Å². The zero-order chi connectivity index (χ0) is 23.1. The molecule has 0 saturated carbocycles. The Hall–Kier alpha value is -3.35. The standard InChI is InChI=1S/C25H32N4O3/c1-17(2)24(31)28-22-10-8-20(9-11-22)26-16-23(30)27-21-6-4-19(5-7-21)25(32)29-14-12-18(3)13-15-29/h4-11,17-18,26H,12-16H2,1-3H3,(H,27,30)(H,28,31). The van der Waals surface area contributed by atoms with Crippen LogP contribution in [-0.4, -0.2) is 42.3 Å². The summed E-state index contributed by atoms with van der Waals surface area (Å²) >= 11 is 0. The normalized spacial score (nSPS) is 14.2. The minimum atomic E-state index is -0.189. The topological polar surface area (TPSA) is 90.5 Å². The van der Waals surface area contributed by atoms with E-state index in [-0.39, 0.29) is 30.2 Å². The van der Waals surface area contributed by atoms with E-state index in [9.17, 15) is 14.4 Å². The van der Waals surface area contributed by atoms with Gasteiger partial charge < -0.3 is 20.9 Å². The summed E-state index contributed by atoms with van der Waals surface area (Å²) in [5, 5.41) is 8.72. The van der Waals surface area contributed by atoms with E-state index in [0.717, 1.165) is 31.6 Å². The lowest BCUT2D eigenvalue weighted by atomic mass is 9.98. The van der Waals surface area contributed by atoms with Crippen molar-refractivity contribution in [3.63, 3.8) is 0 Å². The first-order valence-corrected chi connectivity index (χ1v) is 11.2. The molecule has 0 radical (unpaired) electrons. The second-order valence-corrected chi connectivity index (χ2v) is 8.68. The summed E-state index contributed by atoms with van der Waals surface area (Å²) in [6.45, 7) is 7.60. The Labute approximate surface area is 189 Å². The Morgan fingerprint density at radius 1 is 0.875 bits per heavy atom. The molecule has 1 aliphatic heterocycles. The molecule has 1 heterocycles. The Balaban J connectivity index is 1.46. The van der Waals surface area contributed by atoms with Gasteiger partial charge in [-0.15, -0.1) is 0 Å². The van der Waals surface area contributed by atoms with Crippen molar-refractivity contribution in [1.29, 1.82) is 0 Å². The van der Waals surface area contributed by atoms with E-state index < -0.39 is 0 Å². The van der Waals surface area contributed by atoms with E-state index in [0.29, 0.717) is 22.9 Å². The van der Waals surface area contributed by atoms with Gasteiger partial charge >= 0.3 is 0 Å². The van der Waals surface area contributed by atoms with Crippen LogP contribution in [0.5, 0.6) is 0 Å². The fourth-order valence-corrected chi connectivity index (χ4v) is 3.44. The number of anilines is 3. The van der Waals surface area contributed by atoms with Gasteiger partial charge in [0.2, 0.25) is 11.8 Å². The van der Waals surface area contributed by atoms with Gasteiger partial charge in [0.15, 0.2) is 0 Å². The maximum atomic E-state index is 12.6. The van der Waals surface area contributed by atoms with Crippen molar-refractivity contribution in [2.75, 3.05) is 35.6 Å². The Kier molecular flexibility index (Phi) is 7.87. The van der Waals surface area contributed by atoms with Crippen molar-refractivity contribution in [2.24, 2.45) is 11.8 Å². The van der Waals surface area contributed by atoms with E-state index >= 15 is 0 Å². The number of likely N-dealkylation sites (tertiary alicyclic amines) is 1. The third-order valence-corrected chi connectivity index (χ3v) is 5.62. The first-order chi connectivity index (χ1) is 15.3. The van der Waals surface area contributed by atoms with Crippen molar-refractivity contribution >= 4 is 34.8 Å². The van der Waals surface area contributed by atoms with Crippen LogP contribution in [0.2, 0.25) is 0 Å². The smallest absolute Gasteiger partial charge is 0.253 e. The molecular weight excluding hydrogens is 404 g/mol. The van der Waals surface area contributed by atoms with Gasteiger partial charge in [-0.1, -0.05) is 20.8 Å². The van der Waals surface area contributed by atoms with Crippen LogP contribution < -0.4 is 16.0 Å². The zero-order valence-electron chi connectivity index (χ0n) is 19.0. The maximum absolute atomic E-state index is 12.6. The van der Waals surface area contributed by atoms with E-state index in [4.69, 9.17) is 0 Å². The Morgan fingerprint density at radius 2 is 1.41 bits per heavy atom. The van der Waals surface area contributed by atoms with Crippen molar-refractivity contribution in [3.8, 4) is 0 Å². The molecule has 32 heavy (non-hydrogen) atoms. The second kappa shape index (κ2) is 10.8. The molecular formula is C25H32N4O3. The molecule has 3 N–H and O–H groups in total. The lowest BCUT2D eigenvalue weighted by Crippen LogP contribution is -2.37. The first kappa shape index (κ1) is 23.3. The van der Waals surface area contributed by atoms with Crippen LogP contribution in [0.25, 0.3) is 0 Å². The molecule has 1 aliphatic rings. The van der Waals surface area contributed by atoms with E-state index in [1.165, 1.54) is 0 Å². The average Bonchev–Trinajstić information content (AvgIpc) is 2.79. The summed E-state index contributed by atoms with van der Waals surface area (Å²) in [7, 11) is 0. The molecule has 170 valence electrons. The molecule has 7 heteroatoms. The number of hydrogen-bond acceptors (Lipinski definition) is 4. The molecule has 3 amide bonds. The highest BCUT2D eigenvalue weighted by Gasteiger charge is 2.21. The summed E-state index contributed by atoms with van der Waals surface area (Å²) in [4.78, 5) is 38.5. The van der Waals surface area contributed by atoms with E-state index in [1.807, 2.05) is 30.9 Å². The number of piperidine rings is 1. The van der Waals surface area contributed by atoms with Crippen LogP contribution in [-0.2, 0) is 9.59 Å². The number of benzene rings is 2. The molecule has 1 fully saturated rings. The van der Waals surface area contributed by atoms with Gasteiger partial charge in [0, 0.05) is 41.6 Å². The highest BCUT2D eigenvalue weighted by molar-refractivity contribution is 5.97. The number of hydrogen-bond donors (Lipinski definition) is 3. The second-order valence-electron chi connectivity index (χ2n) is 8.68. The van der Waals surface area contributed by atoms with Crippen LogP contribution in [0.15, 0.2) is 48.5 Å². The summed E-state index contributed by atoms with van der Waals surface area (Å²) < 4.78 is 0. The Morgan fingerprint density at radius 3 is 2.00 bits per heavy atom. The molecule has 0 unspecified atom stereocenters. The van der Waals surface area contributed by atoms with Gasteiger partial charge in [-0.05, 0) is 67.3 Å². The molecule has 7 nitrogen and oxygen atoms in total. The van der Waals surface area contributed by atoms with E-state index in [1.54, 1.807) is 36.4 Å². The van der Waals surface area contributed by atoms with Gasteiger partial charge in [0.05, 0.1) is 6.54 Å². The summed E-state index contributed by atoms with van der Waals surface area (Å²) in [5.74, 6) is 0.408. The predicted octanol–water partition coefficient (Wildman–Crippen LogP) is 4.20. The number of nitrogens with zero attached hydrogens (tertiary/aromatic N) is 1. The van der Waals surface area contributed by atoms with E-state index in [2.05, 4.69) is 22.9 Å². The quantitative estimate of drug-likeness (QED) is 0.607. The van der Waals surface area contributed by atoms with Gasteiger partial charge in [-0.25, -0.2) is 0 Å². The van der Waals surface area contributed by atoms with Crippen LogP contribution in [0.1, 0.15) is 44.0 Å². The third kappa shape index (κ3) is 6.57. The number of carbonyl (C=O) groups excluding carboxylic acids is 3. The SMILES string of the molecule is CC1CCN(C(=O)c2ccc(NC(=O)CNc3ccc(NC(=O)C(C)C)cc3)cc2)CC1. The Bertz CT molecular complexity index is 931. The third-order valence-electron chi connectivity index (χ3n) is 5.62. The molecule has 1 saturated heterocycles. The molecule has 0 atom stereocenters. The largest absolute Gasteiger partial charge is 0.376 e. The van der Waals surface area contributed by atoms with Gasteiger partial charge in [0.25, 0.3) is 5.91 Å². The summed E-state index contributed by atoms with van der Waals surface area (Å²) in [5.41, 5.74) is 2.78. The zero-order valence-corrected chi connectivity index (χ0v) is 19.0. The average molecular weight is 437 g/mol. The minimum absolute atomic E-state index is 0.0386. The van der Waals surface area contributed by atoms with Crippen LogP contribution in [0.4, 0.5) is 17.1 Å².